The zero-order chi connectivity index (χ0) is 16.8. The first kappa shape index (κ1) is 16.2. The Morgan fingerprint density at radius 1 is 1.04 bits per heavy atom. The molecule has 2 aromatic carbocycles. The molecule has 2 heteroatoms. The van der Waals surface area contributed by atoms with Crippen molar-refractivity contribution in [2.75, 3.05) is 0 Å². The molecule has 3 rings (SSSR count). The van der Waals surface area contributed by atoms with Gasteiger partial charge in [-0.25, -0.2) is 0 Å². The summed E-state index contributed by atoms with van der Waals surface area (Å²) in [7, 11) is 0. The lowest BCUT2D eigenvalue weighted by molar-refractivity contribution is -0.122. The normalized spacial score (nSPS) is 22.3. The van der Waals surface area contributed by atoms with Gasteiger partial charge in [-0.3, -0.25) is 4.79 Å². The van der Waals surface area contributed by atoms with Gasteiger partial charge in [0.2, 0.25) is 0 Å². The van der Waals surface area contributed by atoms with Crippen LogP contribution in [-0.4, -0.2) is 5.78 Å². The van der Waals surface area contributed by atoms with Crippen molar-refractivity contribution >= 4 is 11.9 Å². The number of carbonyl (C=O) groups is 1. The van der Waals surface area contributed by atoms with E-state index in [2.05, 4.69) is 6.07 Å². The third kappa shape index (κ3) is 3.16. The van der Waals surface area contributed by atoms with Crippen LogP contribution in [0.1, 0.15) is 43.2 Å². The van der Waals surface area contributed by atoms with Gasteiger partial charge < -0.3 is 0 Å². The number of benzene rings is 2. The van der Waals surface area contributed by atoms with Crippen LogP contribution in [-0.2, 0) is 10.2 Å². The molecule has 0 radical (unpaired) electrons. The number of hydrogen-bond acceptors (Lipinski definition) is 2. The van der Waals surface area contributed by atoms with Crippen LogP contribution < -0.4 is 0 Å². The third-order valence-corrected chi connectivity index (χ3v) is 4.91. The number of nitrogens with zero attached hydrogens (tertiary/aromatic N) is 1. The van der Waals surface area contributed by atoms with Gasteiger partial charge in [0.15, 0.2) is 5.78 Å². The van der Waals surface area contributed by atoms with Crippen molar-refractivity contribution in [2.45, 2.75) is 37.5 Å². The number of Topliss-reactive ketones (excluding diaryl/α,β-unsaturated/α-hetero) is 1. The smallest absolute Gasteiger partial charge is 0.169 e. The fourth-order valence-electron chi connectivity index (χ4n) is 3.69. The molecule has 0 N–H and O–H groups in total. The second-order valence-corrected chi connectivity index (χ2v) is 6.37. The van der Waals surface area contributed by atoms with Crippen molar-refractivity contribution in [3.8, 4) is 6.07 Å². The number of rotatable bonds is 4. The van der Waals surface area contributed by atoms with E-state index < -0.39 is 5.41 Å². The highest BCUT2D eigenvalue weighted by atomic mass is 16.1. The van der Waals surface area contributed by atoms with Crippen LogP contribution in [0.2, 0.25) is 0 Å². The molecule has 1 fully saturated rings. The highest BCUT2D eigenvalue weighted by molar-refractivity contribution is 6.07. The molecule has 0 aromatic heterocycles. The molecule has 1 aliphatic carbocycles. The van der Waals surface area contributed by atoms with E-state index in [9.17, 15) is 4.79 Å². The Kier molecular flexibility index (Phi) is 4.91. The van der Waals surface area contributed by atoms with Crippen LogP contribution in [0.3, 0.4) is 0 Å². The van der Waals surface area contributed by atoms with Gasteiger partial charge >= 0.3 is 0 Å². The molecule has 2 aromatic rings. The van der Waals surface area contributed by atoms with Gasteiger partial charge in [-0.15, -0.1) is 0 Å². The summed E-state index contributed by atoms with van der Waals surface area (Å²) < 4.78 is 0. The van der Waals surface area contributed by atoms with Gasteiger partial charge in [-0.05, 0) is 48.5 Å². The molecular weight excluding hydrogens is 294 g/mol. The van der Waals surface area contributed by atoms with Crippen molar-refractivity contribution < 1.29 is 4.79 Å². The maximum absolute atomic E-state index is 13.4. The maximum atomic E-state index is 13.4. The lowest BCUT2D eigenvalue weighted by atomic mass is 9.64. The Morgan fingerprint density at radius 3 is 2.38 bits per heavy atom. The largest absolute Gasteiger partial charge is 0.294 e. The van der Waals surface area contributed by atoms with Crippen LogP contribution in [0.5, 0.6) is 0 Å². The molecule has 0 heterocycles. The minimum Gasteiger partial charge on any atom is -0.294 e. The summed E-state index contributed by atoms with van der Waals surface area (Å²) in [4.78, 5) is 13.4. The van der Waals surface area contributed by atoms with Crippen molar-refractivity contribution in [3.63, 3.8) is 0 Å². The zero-order valence-corrected chi connectivity index (χ0v) is 13.7. The van der Waals surface area contributed by atoms with Gasteiger partial charge in [0.05, 0.1) is 11.5 Å². The Labute approximate surface area is 143 Å². The molecule has 0 unspecified atom stereocenters. The number of ketones is 1. The van der Waals surface area contributed by atoms with E-state index in [0.29, 0.717) is 12.8 Å². The standard InChI is InChI=1S/C22H21NO/c23-16-8-15-22(20-12-5-2-6-13-20)14-7-11-19(21(22)24)17-18-9-3-1-4-10-18/h1-6,9-10,12-13,17H,7-8,11,14-15H2/b19-17+/t22-/m0/s1. The highest BCUT2D eigenvalue weighted by Gasteiger charge is 2.43. The number of hydrogen-bond donors (Lipinski definition) is 0. The van der Waals surface area contributed by atoms with Crippen LogP contribution in [0.25, 0.3) is 6.08 Å². The van der Waals surface area contributed by atoms with Crippen molar-refractivity contribution in [3.05, 3.63) is 77.4 Å². The first-order valence-corrected chi connectivity index (χ1v) is 8.49. The molecule has 0 saturated heterocycles. The van der Waals surface area contributed by atoms with E-state index in [1.165, 1.54) is 0 Å². The molecule has 0 amide bonds. The van der Waals surface area contributed by atoms with E-state index in [1.807, 2.05) is 66.7 Å². The average Bonchev–Trinajstić information content (AvgIpc) is 2.64. The molecule has 120 valence electrons. The van der Waals surface area contributed by atoms with E-state index in [1.54, 1.807) is 0 Å². The fourth-order valence-corrected chi connectivity index (χ4v) is 3.69. The Morgan fingerprint density at radius 2 is 1.71 bits per heavy atom. The topological polar surface area (TPSA) is 40.9 Å². The average molecular weight is 315 g/mol. The lowest BCUT2D eigenvalue weighted by Gasteiger charge is -2.37. The molecule has 1 atom stereocenters. The molecular formula is C22H21NO. The van der Waals surface area contributed by atoms with Crippen LogP contribution in [0, 0.1) is 11.3 Å². The van der Waals surface area contributed by atoms with Gasteiger partial charge in [0, 0.05) is 6.42 Å². The molecule has 0 aliphatic heterocycles. The number of allylic oxidation sites excluding steroid dienone is 1. The van der Waals surface area contributed by atoms with Gasteiger partial charge in [0.1, 0.15) is 0 Å². The summed E-state index contributed by atoms with van der Waals surface area (Å²) in [6.45, 7) is 0. The van der Waals surface area contributed by atoms with E-state index in [0.717, 1.165) is 36.0 Å². The van der Waals surface area contributed by atoms with Crippen LogP contribution in [0.15, 0.2) is 66.2 Å². The summed E-state index contributed by atoms with van der Waals surface area (Å²) in [6.07, 6.45) is 5.63. The SMILES string of the molecule is N#CCC[C@]1(c2ccccc2)CCC/C(=C\c2ccccc2)C1=O. The van der Waals surface area contributed by atoms with Gasteiger partial charge in [-0.1, -0.05) is 60.7 Å². The minimum atomic E-state index is -0.546. The predicted molar refractivity (Wildman–Crippen MR) is 96.2 cm³/mol. The van der Waals surface area contributed by atoms with E-state index in [-0.39, 0.29) is 5.78 Å². The summed E-state index contributed by atoms with van der Waals surface area (Å²) in [5, 5.41) is 9.07. The van der Waals surface area contributed by atoms with Gasteiger partial charge in [0.25, 0.3) is 0 Å². The number of carbonyl (C=O) groups excluding carboxylic acids is 1. The summed E-state index contributed by atoms with van der Waals surface area (Å²) >= 11 is 0. The summed E-state index contributed by atoms with van der Waals surface area (Å²) in [5.74, 6) is 0.194. The van der Waals surface area contributed by atoms with Crippen LogP contribution in [0.4, 0.5) is 0 Å². The number of nitriles is 1. The quantitative estimate of drug-likeness (QED) is 0.739. The second-order valence-electron chi connectivity index (χ2n) is 6.37. The first-order chi connectivity index (χ1) is 11.8. The summed E-state index contributed by atoms with van der Waals surface area (Å²) in [5.41, 5.74) is 2.44. The van der Waals surface area contributed by atoms with Crippen molar-refractivity contribution in [2.24, 2.45) is 0 Å². The Bertz CT molecular complexity index is 771. The lowest BCUT2D eigenvalue weighted by Crippen LogP contribution is -2.40. The van der Waals surface area contributed by atoms with Crippen molar-refractivity contribution in [1.29, 1.82) is 5.26 Å². The maximum Gasteiger partial charge on any atom is 0.169 e. The molecule has 0 bridgehead atoms. The van der Waals surface area contributed by atoms with Gasteiger partial charge in [-0.2, -0.15) is 5.26 Å². The predicted octanol–water partition coefficient (Wildman–Crippen LogP) is 5.06. The Hall–Kier alpha value is -2.66. The molecule has 2 nitrogen and oxygen atoms in total. The monoisotopic (exact) mass is 315 g/mol. The third-order valence-electron chi connectivity index (χ3n) is 4.91. The Balaban J connectivity index is 2.01. The van der Waals surface area contributed by atoms with Crippen LogP contribution >= 0.6 is 0 Å². The highest BCUT2D eigenvalue weighted by Crippen LogP contribution is 2.42. The molecule has 1 saturated carbocycles. The fraction of sp³-hybridized carbons (Fsp3) is 0.273. The molecule has 24 heavy (non-hydrogen) atoms. The first-order valence-electron chi connectivity index (χ1n) is 8.49. The molecule has 1 aliphatic rings. The second kappa shape index (κ2) is 7.27. The minimum absolute atomic E-state index is 0.194. The molecule has 0 spiro atoms. The zero-order valence-electron chi connectivity index (χ0n) is 13.7. The van der Waals surface area contributed by atoms with Crippen molar-refractivity contribution in [1.82, 2.24) is 0 Å². The van der Waals surface area contributed by atoms with E-state index in [4.69, 9.17) is 5.26 Å². The summed E-state index contributed by atoms with van der Waals surface area (Å²) in [6, 6.07) is 22.2. The van der Waals surface area contributed by atoms with E-state index >= 15 is 0 Å².